The molecule has 9 heteroatoms. The molecule has 0 saturated heterocycles. The monoisotopic (exact) mass is 327 g/mol. The van der Waals surface area contributed by atoms with Crippen molar-refractivity contribution >= 4 is 26.5 Å². The maximum atomic E-state index is 12.2. The number of thiazole rings is 1. The first-order chi connectivity index (χ1) is 10.0. The number of aromatic nitrogens is 1. The van der Waals surface area contributed by atoms with Crippen molar-refractivity contribution in [2.75, 3.05) is 18.6 Å². The molecule has 1 aromatic carbocycles. The molecule has 1 aliphatic rings. The van der Waals surface area contributed by atoms with Crippen molar-refractivity contribution in [2.45, 2.75) is 11.8 Å². The number of nitrogens with zero attached hydrogens (tertiary/aromatic N) is 1. The van der Waals surface area contributed by atoms with E-state index in [1.165, 1.54) is 23.5 Å². The van der Waals surface area contributed by atoms with E-state index in [2.05, 4.69) is 15.2 Å². The van der Waals surface area contributed by atoms with Crippen LogP contribution in [-0.2, 0) is 10.0 Å². The normalized spacial score (nSPS) is 14.0. The summed E-state index contributed by atoms with van der Waals surface area (Å²) in [6.45, 7) is 2.69. The molecule has 0 radical (unpaired) electrons. The average Bonchev–Trinajstić information content (AvgIpc) is 2.90. The Hall–Kier alpha value is -1.84. The lowest BCUT2D eigenvalue weighted by molar-refractivity contribution is 0.171. The second kappa shape index (κ2) is 5.51. The molecule has 3 rings (SSSR count). The quantitative estimate of drug-likeness (QED) is 0.828. The number of rotatable bonds is 4. The lowest BCUT2D eigenvalue weighted by Crippen LogP contribution is -2.29. The second-order valence-corrected chi connectivity index (χ2v) is 6.87. The zero-order chi connectivity index (χ0) is 14.9. The summed E-state index contributed by atoms with van der Waals surface area (Å²) in [6, 6.07) is 4.48. The number of anilines is 1. The first-order valence-electron chi connectivity index (χ1n) is 6.14. The van der Waals surface area contributed by atoms with Gasteiger partial charge in [-0.2, -0.15) is 0 Å². The zero-order valence-corrected chi connectivity index (χ0v) is 12.8. The molecule has 0 amide bonds. The third-order valence-corrected chi connectivity index (χ3v) is 4.86. The molecule has 7 nitrogen and oxygen atoms in total. The highest BCUT2D eigenvalue weighted by Gasteiger charge is 2.19. The molecule has 2 heterocycles. The van der Waals surface area contributed by atoms with Gasteiger partial charge in [0.1, 0.15) is 13.2 Å². The van der Waals surface area contributed by atoms with Crippen molar-refractivity contribution in [1.29, 1.82) is 0 Å². The van der Waals surface area contributed by atoms with E-state index in [0.717, 1.165) is 5.69 Å². The number of fused-ring (bicyclic) bond motifs is 1. The average molecular weight is 327 g/mol. The van der Waals surface area contributed by atoms with Gasteiger partial charge in [0.15, 0.2) is 16.6 Å². The van der Waals surface area contributed by atoms with Crippen molar-refractivity contribution in [3.05, 3.63) is 29.3 Å². The highest BCUT2D eigenvalue weighted by molar-refractivity contribution is 7.89. The zero-order valence-electron chi connectivity index (χ0n) is 11.1. The summed E-state index contributed by atoms with van der Waals surface area (Å²) in [5.41, 5.74) is 3.40. The Morgan fingerprint density at radius 1 is 1.24 bits per heavy atom. The van der Waals surface area contributed by atoms with Gasteiger partial charge in [0.25, 0.3) is 10.0 Å². The van der Waals surface area contributed by atoms with Crippen molar-refractivity contribution in [3.8, 4) is 11.5 Å². The molecule has 1 aromatic heterocycles. The van der Waals surface area contributed by atoms with E-state index in [4.69, 9.17) is 9.47 Å². The fraction of sp³-hybridized carbons (Fsp3) is 0.250. The Balaban J connectivity index is 1.78. The van der Waals surface area contributed by atoms with E-state index < -0.39 is 10.0 Å². The minimum absolute atomic E-state index is 0.0903. The van der Waals surface area contributed by atoms with Crippen LogP contribution in [0.5, 0.6) is 11.5 Å². The number of hydrogen-bond acceptors (Lipinski definition) is 7. The molecule has 0 atom stereocenters. The topological polar surface area (TPSA) is 89.5 Å². The lowest BCUT2D eigenvalue weighted by atomic mass is 10.3. The Bertz CT molecular complexity index is 758. The van der Waals surface area contributed by atoms with Crippen LogP contribution in [0.1, 0.15) is 5.69 Å². The molecule has 2 N–H and O–H groups in total. The molecule has 0 bridgehead atoms. The molecular formula is C12H13N3O4S2. The predicted octanol–water partition coefficient (Wildman–Crippen LogP) is 1.53. The minimum Gasteiger partial charge on any atom is -0.486 e. The van der Waals surface area contributed by atoms with E-state index in [-0.39, 0.29) is 4.90 Å². The van der Waals surface area contributed by atoms with E-state index in [9.17, 15) is 8.42 Å². The van der Waals surface area contributed by atoms with E-state index in [0.29, 0.717) is 29.8 Å². The summed E-state index contributed by atoms with van der Waals surface area (Å²) in [7, 11) is -3.71. The third kappa shape index (κ3) is 3.09. The van der Waals surface area contributed by atoms with Gasteiger partial charge < -0.3 is 9.47 Å². The van der Waals surface area contributed by atoms with E-state index >= 15 is 0 Å². The van der Waals surface area contributed by atoms with Gasteiger partial charge in [0.05, 0.1) is 10.6 Å². The van der Waals surface area contributed by atoms with Crippen LogP contribution in [0.4, 0.5) is 5.13 Å². The number of hydrazine groups is 1. The predicted molar refractivity (Wildman–Crippen MR) is 78.2 cm³/mol. The van der Waals surface area contributed by atoms with Crippen molar-refractivity contribution < 1.29 is 17.9 Å². The fourth-order valence-corrected chi connectivity index (χ4v) is 3.34. The summed E-state index contributed by atoms with van der Waals surface area (Å²) < 4.78 is 35.1. The largest absolute Gasteiger partial charge is 0.486 e. The third-order valence-electron chi connectivity index (χ3n) is 2.74. The molecule has 0 spiro atoms. The van der Waals surface area contributed by atoms with Gasteiger partial charge in [-0.3, -0.25) is 5.43 Å². The molecule has 0 unspecified atom stereocenters. The van der Waals surface area contributed by atoms with Crippen LogP contribution >= 0.6 is 11.3 Å². The Kier molecular flexibility index (Phi) is 3.70. The summed E-state index contributed by atoms with van der Waals surface area (Å²) in [5.74, 6) is 0.970. The molecule has 0 saturated carbocycles. The van der Waals surface area contributed by atoms with Gasteiger partial charge in [-0.05, 0) is 19.1 Å². The Morgan fingerprint density at radius 3 is 2.71 bits per heavy atom. The lowest BCUT2D eigenvalue weighted by Gasteiger charge is -2.18. The smallest absolute Gasteiger partial charge is 0.257 e. The summed E-state index contributed by atoms with van der Waals surface area (Å²) >= 11 is 1.31. The van der Waals surface area contributed by atoms with Crippen LogP contribution in [0, 0.1) is 6.92 Å². The molecule has 1 aliphatic heterocycles. The number of aryl methyl sites for hydroxylation is 1. The maximum absolute atomic E-state index is 12.2. The molecule has 0 aliphatic carbocycles. The summed E-state index contributed by atoms with van der Waals surface area (Å²) in [5, 5.41) is 2.30. The maximum Gasteiger partial charge on any atom is 0.257 e. The number of hydrogen-bond donors (Lipinski definition) is 2. The van der Waals surface area contributed by atoms with Crippen LogP contribution in [0.2, 0.25) is 0 Å². The van der Waals surface area contributed by atoms with Crippen LogP contribution < -0.4 is 19.7 Å². The molecule has 21 heavy (non-hydrogen) atoms. The molecule has 112 valence electrons. The summed E-state index contributed by atoms with van der Waals surface area (Å²) in [4.78, 5) is 6.49. The second-order valence-electron chi connectivity index (χ2n) is 4.33. The van der Waals surface area contributed by atoms with Gasteiger partial charge in [-0.1, -0.05) is 0 Å². The number of benzene rings is 1. The fourth-order valence-electron chi connectivity index (χ4n) is 1.77. The molecule has 2 aromatic rings. The van der Waals surface area contributed by atoms with Crippen LogP contribution in [0.25, 0.3) is 0 Å². The van der Waals surface area contributed by atoms with Gasteiger partial charge in [0, 0.05) is 11.4 Å². The highest BCUT2D eigenvalue weighted by atomic mass is 32.2. The number of sulfonamides is 1. The first-order valence-corrected chi connectivity index (χ1v) is 8.50. The first kappa shape index (κ1) is 14.1. The van der Waals surface area contributed by atoms with Crippen molar-refractivity contribution in [2.24, 2.45) is 0 Å². The number of ether oxygens (including phenoxy) is 2. The summed E-state index contributed by atoms with van der Waals surface area (Å²) in [6.07, 6.45) is 0. The van der Waals surface area contributed by atoms with Gasteiger partial charge in [-0.15, -0.1) is 16.2 Å². The van der Waals surface area contributed by atoms with Crippen LogP contribution in [-0.4, -0.2) is 26.6 Å². The number of nitrogens with one attached hydrogen (secondary N) is 2. The van der Waals surface area contributed by atoms with Crippen molar-refractivity contribution in [3.63, 3.8) is 0 Å². The SMILES string of the molecule is Cc1csc(NNS(=O)(=O)c2ccc3c(c2)OCCO3)n1. The van der Waals surface area contributed by atoms with Crippen LogP contribution in [0.3, 0.4) is 0 Å². The Morgan fingerprint density at radius 2 is 2.00 bits per heavy atom. The van der Waals surface area contributed by atoms with Crippen LogP contribution in [0.15, 0.2) is 28.5 Å². The molecular weight excluding hydrogens is 314 g/mol. The van der Waals surface area contributed by atoms with E-state index in [1.54, 1.807) is 6.07 Å². The van der Waals surface area contributed by atoms with Crippen molar-refractivity contribution in [1.82, 2.24) is 9.82 Å². The Labute approximate surface area is 125 Å². The standard InChI is InChI=1S/C12H13N3O4S2/c1-8-7-20-12(13-8)14-15-21(16,17)9-2-3-10-11(6-9)19-5-4-18-10/h2-3,6-7,15H,4-5H2,1H3,(H,13,14). The van der Waals surface area contributed by atoms with Gasteiger partial charge in [-0.25, -0.2) is 13.4 Å². The molecule has 0 fully saturated rings. The van der Waals surface area contributed by atoms with Gasteiger partial charge in [0.2, 0.25) is 0 Å². The highest BCUT2D eigenvalue weighted by Crippen LogP contribution is 2.32. The minimum atomic E-state index is -3.71. The van der Waals surface area contributed by atoms with Gasteiger partial charge >= 0.3 is 0 Å². The van der Waals surface area contributed by atoms with E-state index in [1.807, 2.05) is 12.3 Å².